The first-order valence-electron chi connectivity index (χ1n) is 5.85. The van der Waals surface area contributed by atoms with Gasteiger partial charge in [-0.3, -0.25) is 0 Å². The van der Waals surface area contributed by atoms with Gasteiger partial charge in [0.2, 0.25) is 5.12 Å². The van der Waals surface area contributed by atoms with E-state index >= 15 is 0 Å². The molecule has 0 atom stereocenters. The maximum atomic E-state index is 5.83. The molecular weight excluding hydrogens is 234 g/mol. The summed E-state index contributed by atoms with van der Waals surface area (Å²) >= 11 is 1.73. The van der Waals surface area contributed by atoms with Crippen LogP contribution in [0.2, 0.25) is 0 Å². The van der Waals surface area contributed by atoms with Gasteiger partial charge in [0.25, 0.3) is 0 Å². The van der Waals surface area contributed by atoms with Crippen LogP contribution in [0, 0.1) is 0 Å². The Morgan fingerprint density at radius 3 is 2.41 bits per heavy atom. The standard InChI is InChI=1S/C13H19NO2S/c1-14(2)8-11-17-13(15-9-10-16-13)12-6-4-3-5-7-12/h3-7H,8-11H2,1-2H3. The van der Waals surface area contributed by atoms with Gasteiger partial charge in [0.05, 0.1) is 13.2 Å². The van der Waals surface area contributed by atoms with Crippen LogP contribution >= 0.6 is 11.8 Å². The molecule has 0 bridgehead atoms. The second-order valence-corrected chi connectivity index (χ2v) is 5.51. The van der Waals surface area contributed by atoms with Crippen molar-refractivity contribution in [2.24, 2.45) is 0 Å². The second kappa shape index (κ2) is 5.87. The minimum atomic E-state index is -0.586. The summed E-state index contributed by atoms with van der Waals surface area (Å²) in [6.45, 7) is 2.36. The van der Waals surface area contributed by atoms with E-state index in [0.717, 1.165) is 17.9 Å². The van der Waals surface area contributed by atoms with Crippen molar-refractivity contribution in [3.63, 3.8) is 0 Å². The van der Waals surface area contributed by atoms with Gasteiger partial charge in [-0.15, -0.1) is 0 Å². The van der Waals surface area contributed by atoms with Gasteiger partial charge >= 0.3 is 0 Å². The molecule has 0 spiro atoms. The third-order valence-corrected chi connectivity index (χ3v) is 3.86. The molecule has 0 radical (unpaired) electrons. The molecule has 0 unspecified atom stereocenters. The van der Waals surface area contributed by atoms with E-state index in [1.165, 1.54) is 0 Å². The van der Waals surface area contributed by atoms with E-state index in [9.17, 15) is 0 Å². The number of benzene rings is 1. The van der Waals surface area contributed by atoms with Gasteiger partial charge < -0.3 is 14.4 Å². The Bertz CT molecular complexity index is 337. The van der Waals surface area contributed by atoms with Crippen LogP contribution in [-0.2, 0) is 14.6 Å². The summed E-state index contributed by atoms with van der Waals surface area (Å²) in [4.78, 5) is 2.17. The first-order valence-corrected chi connectivity index (χ1v) is 6.84. The molecule has 0 saturated carbocycles. The average molecular weight is 253 g/mol. The molecule has 3 nitrogen and oxygen atoms in total. The maximum absolute atomic E-state index is 5.83. The lowest BCUT2D eigenvalue weighted by Gasteiger charge is -2.27. The average Bonchev–Trinajstić information content (AvgIpc) is 2.80. The predicted octanol–water partition coefficient (Wildman–Crippen LogP) is 2.14. The smallest absolute Gasteiger partial charge is 0.246 e. The lowest BCUT2D eigenvalue weighted by molar-refractivity contribution is -0.0815. The van der Waals surface area contributed by atoms with Crippen LogP contribution in [0.3, 0.4) is 0 Å². The SMILES string of the molecule is CN(C)CCSC1(c2ccccc2)OCCO1. The van der Waals surface area contributed by atoms with E-state index < -0.39 is 5.12 Å². The fraction of sp³-hybridized carbons (Fsp3) is 0.538. The third-order valence-electron chi connectivity index (χ3n) is 2.63. The fourth-order valence-electron chi connectivity index (χ4n) is 1.73. The van der Waals surface area contributed by atoms with E-state index in [1.54, 1.807) is 11.8 Å². The zero-order chi connectivity index (χ0) is 12.1. The van der Waals surface area contributed by atoms with E-state index in [0.29, 0.717) is 13.2 Å². The molecular formula is C13H19NO2S. The topological polar surface area (TPSA) is 21.7 Å². The molecule has 1 aliphatic heterocycles. The zero-order valence-electron chi connectivity index (χ0n) is 10.4. The van der Waals surface area contributed by atoms with Crippen LogP contribution in [0.15, 0.2) is 30.3 Å². The van der Waals surface area contributed by atoms with Crippen molar-refractivity contribution in [1.82, 2.24) is 4.90 Å². The van der Waals surface area contributed by atoms with Crippen LogP contribution in [0.1, 0.15) is 5.56 Å². The lowest BCUT2D eigenvalue weighted by atomic mass is 10.2. The van der Waals surface area contributed by atoms with Gasteiger partial charge in [-0.25, -0.2) is 0 Å². The van der Waals surface area contributed by atoms with Crippen LogP contribution < -0.4 is 0 Å². The first kappa shape index (κ1) is 12.9. The molecule has 1 aromatic carbocycles. The molecule has 0 N–H and O–H groups in total. The summed E-state index contributed by atoms with van der Waals surface area (Å²) in [5.41, 5.74) is 1.10. The van der Waals surface area contributed by atoms with Crippen LogP contribution in [0.25, 0.3) is 0 Å². The number of hydrogen-bond donors (Lipinski definition) is 0. The van der Waals surface area contributed by atoms with Crippen molar-refractivity contribution in [2.45, 2.75) is 5.12 Å². The molecule has 0 aliphatic carbocycles. The number of hydrogen-bond acceptors (Lipinski definition) is 4. The lowest BCUT2D eigenvalue weighted by Crippen LogP contribution is -2.25. The van der Waals surface area contributed by atoms with Crippen LogP contribution in [-0.4, -0.2) is 44.5 Å². The summed E-state index contributed by atoms with van der Waals surface area (Å²) < 4.78 is 11.7. The van der Waals surface area contributed by atoms with E-state index in [-0.39, 0.29) is 0 Å². The molecule has 4 heteroatoms. The summed E-state index contributed by atoms with van der Waals surface area (Å²) in [5.74, 6) is 0.988. The Kier molecular flexibility index (Phi) is 4.45. The quantitative estimate of drug-likeness (QED) is 0.801. The normalized spacial score (nSPS) is 18.8. The molecule has 1 aliphatic rings. The highest BCUT2D eigenvalue weighted by Gasteiger charge is 2.38. The Labute approximate surface area is 107 Å². The highest BCUT2D eigenvalue weighted by atomic mass is 32.2. The van der Waals surface area contributed by atoms with E-state index in [4.69, 9.17) is 9.47 Å². The molecule has 2 rings (SSSR count). The monoisotopic (exact) mass is 253 g/mol. The number of ether oxygens (including phenoxy) is 2. The van der Waals surface area contributed by atoms with Crippen molar-refractivity contribution in [3.05, 3.63) is 35.9 Å². The Morgan fingerprint density at radius 2 is 1.82 bits per heavy atom. The molecule has 1 heterocycles. The Morgan fingerprint density at radius 1 is 1.18 bits per heavy atom. The van der Waals surface area contributed by atoms with Crippen molar-refractivity contribution in [1.29, 1.82) is 0 Å². The van der Waals surface area contributed by atoms with Gasteiger partial charge in [0.1, 0.15) is 0 Å². The highest BCUT2D eigenvalue weighted by molar-refractivity contribution is 7.99. The Balaban J connectivity index is 2.05. The largest absolute Gasteiger partial charge is 0.335 e. The predicted molar refractivity (Wildman–Crippen MR) is 71.0 cm³/mol. The molecule has 1 saturated heterocycles. The van der Waals surface area contributed by atoms with Crippen LogP contribution in [0.4, 0.5) is 0 Å². The van der Waals surface area contributed by atoms with Gasteiger partial charge in [0.15, 0.2) is 0 Å². The molecule has 1 aromatic rings. The molecule has 0 amide bonds. The van der Waals surface area contributed by atoms with Crippen molar-refractivity contribution < 1.29 is 9.47 Å². The number of nitrogens with zero attached hydrogens (tertiary/aromatic N) is 1. The van der Waals surface area contributed by atoms with Crippen molar-refractivity contribution >= 4 is 11.8 Å². The van der Waals surface area contributed by atoms with Crippen LogP contribution in [0.5, 0.6) is 0 Å². The molecule has 1 fully saturated rings. The van der Waals surface area contributed by atoms with Gasteiger partial charge in [-0.05, 0) is 14.1 Å². The second-order valence-electron chi connectivity index (χ2n) is 4.27. The highest BCUT2D eigenvalue weighted by Crippen LogP contribution is 2.41. The van der Waals surface area contributed by atoms with E-state index in [2.05, 4.69) is 31.1 Å². The summed E-state index contributed by atoms with van der Waals surface area (Å²) in [5, 5.41) is -0.586. The number of thioether (sulfide) groups is 1. The molecule has 17 heavy (non-hydrogen) atoms. The third kappa shape index (κ3) is 3.22. The molecule has 0 aromatic heterocycles. The minimum Gasteiger partial charge on any atom is -0.335 e. The zero-order valence-corrected chi connectivity index (χ0v) is 11.2. The van der Waals surface area contributed by atoms with Gasteiger partial charge in [-0.1, -0.05) is 42.1 Å². The van der Waals surface area contributed by atoms with Crippen molar-refractivity contribution in [3.8, 4) is 0 Å². The molecule has 94 valence electrons. The maximum Gasteiger partial charge on any atom is 0.246 e. The van der Waals surface area contributed by atoms with Gasteiger partial charge in [0, 0.05) is 17.9 Å². The number of rotatable bonds is 5. The van der Waals surface area contributed by atoms with Gasteiger partial charge in [-0.2, -0.15) is 0 Å². The minimum absolute atomic E-state index is 0.586. The van der Waals surface area contributed by atoms with Crippen molar-refractivity contribution in [2.75, 3.05) is 39.6 Å². The van der Waals surface area contributed by atoms with E-state index in [1.807, 2.05) is 18.2 Å². The first-order chi connectivity index (χ1) is 8.23. The summed E-state index contributed by atoms with van der Waals surface area (Å²) in [6, 6.07) is 10.2. The fourth-order valence-corrected chi connectivity index (χ4v) is 3.09. The summed E-state index contributed by atoms with van der Waals surface area (Å²) in [7, 11) is 4.15. The Hall–Kier alpha value is -0.550. The summed E-state index contributed by atoms with van der Waals surface area (Å²) in [6.07, 6.45) is 0.